The fourth-order valence-electron chi connectivity index (χ4n) is 4.58. The van der Waals surface area contributed by atoms with E-state index in [0.717, 1.165) is 17.5 Å². The van der Waals surface area contributed by atoms with E-state index >= 15 is 0 Å². The number of carbonyl (C=O) groups is 2. The topological polar surface area (TPSA) is 121 Å². The zero-order valence-electron chi connectivity index (χ0n) is 21.2. The summed E-state index contributed by atoms with van der Waals surface area (Å²) in [6.45, 7) is 0.549. The van der Waals surface area contributed by atoms with Crippen molar-refractivity contribution < 1.29 is 18.0 Å². The van der Waals surface area contributed by atoms with Crippen molar-refractivity contribution in [2.45, 2.75) is 56.5 Å². The normalized spacial score (nSPS) is 16.9. The third-order valence-electron chi connectivity index (χ3n) is 6.57. The monoisotopic (exact) mass is 535 g/mol. The van der Waals surface area contributed by atoms with Crippen molar-refractivity contribution in [3.8, 4) is 0 Å². The van der Waals surface area contributed by atoms with E-state index in [1.807, 2.05) is 24.3 Å². The molecule has 0 saturated carbocycles. The van der Waals surface area contributed by atoms with Gasteiger partial charge in [-0.1, -0.05) is 48.9 Å². The Bertz CT molecular complexity index is 1290. The van der Waals surface area contributed by atoms with E-state index in [4.69, 9.17) is 0 Å². The maximum absolute atomic E-state index is 13.5. The number of nitrogens with zero attached hydrogens (tertiary/aromatic N) is 3. The number of carbonyl (C=O) groups excluding carboxylic acids is 2. The van der Waals surface area contributed by atoms with Crippen molar-refractivity contribution in [1.29, 1.82) is 0 Å². The van der Waals surface area contributed by atoms with Gasteiger partial charge in [0.05, 0.1) is 5.75 Å². The summed E-state index contributed by atoms with van der Waals surface area (Å²) in [4.78, 5) is 34.9. The highest BCUT2D eigenvalue weighted by Crippen LogP contribution is 2.23. The molecule has 1 aromatic carbocycles. The third-order valence-corrected chi connectivity index (χ3v) is 8.42. The zero-order valence-corrected chi connectivity index (χ0v) is 22.0. The first-order chi connectivity index (χ1) is 18.4. The first-order valence-corrected chi connectivity index (χ1v) is 14.4. The molecule has 0 radical (unpaired) electrons. The Balaban J connectivity index is 1.47. The fourth-order valence-corrected chi connectivity index (χ4v) is 6.35. The average Bonchev–Trinajstić information content (AvgIpc) is 2.95. The van der Waals surface area contributed by atoms with Crippen LogP contribution in [-0.2, 0) is 38.3 Å². The molecule has 1 aliphatic rings. The van der Waals surface area contributed by atoms with Crippen molar-refractivity contribution in [3.63, 3.8) is 0 Å². The molecule has 10 heteroatoms. The van der Waals surface area contributed by atoms with Crippen LogP contribution in [0.15, 0.2) is 79.4 Å². The molecule has 38 heavy (non-hydrogen) atoms. The van der Waals surface area contributed by atoms with E-state index in [1.165, 1.54) is 4.31 Å². The second-order valence-electron chi connectivity index (χ2n) is 9.40. The third kappa shape index (κ3) is 7.69. The average molecular weight is 536 g/mol. The van der Waals surface area contributed by atoms with E-state index in [0.29, 0.717) is 31.2 Å². The molecule has 0 bridgehead atoms. The van der Waals surface area contributed by atoms with Crippen molar-refractivity contribution in [2.75, 3.05) is 6.54 Å². The molecule has 1 fully saturated rings. The molecule has 2 aromatic heterocycles. The molecular weight excluding hydrogens is 502 g/mol. The van der Waals surface area contributed by atoms with Crippen LogP contribution in [0.1, 0.15) is 42.4 Å². The number of aryl methyl sites for hydroxylation is 1. The summed E-state index contributed by atoms with van der Waals surface area (Å²) in [5.41, 5.74) is 2.45. The van der Waals surface area contributed by atoms with Crippen LogP contribution in [0, 0.1) is 0 Å². The molecular formula is C28H33N5O4S. The first-order valence-electron chi connectivity index (χ1n) is 12.8. The second kappa shape index (κ2) is 13.3. The van der Waals surface area contributed by atoms with Gasteiger partial charge in [-0.05, 0) is 54.5 Å². The summed E-state index contributed by atoms with van der Waals surface area (Å²) in [7, 11) is -3.73. The standard InChI is InChI=1S/C28H33N5O4S/c34-27(31-20-24-11-7-16-30-19-24)25(14-13-22-10-6-15-29-18-22)32-28(35)26-12-4-5-17-33(26)38(36,37)21-23-8-2-1-3-9-23/h1-3,6-11,15-16,18-19,25-26H,4-5,12-14,17,20-21H2,(H,31,34)(H,32,35)/t25-,26-/m0/s1. The van der Waals surface area contributed by atoms with Crippen LogP contribution in [-0.4, -0.2) is 53.1 Å². The van der Waals surface area contributed by atoms with Crippen LogP contribution in [0.2, 0.25) is 0 Å². The number of sulfonamides is 1. The molecule has 9 nitrogen and oxygen atoms in total. The van der Waals surface area contributed by atoms with Gasteiger partial charge in [0.1, 0.15) is 12.1 Å². The molecule has 3 aromatic rings. The summed E-state index contributed by atoms with van der Waals surface area (Å²) in [5.74, 6) is -0.956. The molecule has 0 spiro atoms. The largest absolute Gasteiger partial charge is 0.350 e. The summed E-state index contributed by atoms with van der Waals surface area (Å²) >= 11 is 0. The minimum atomic E-state index is -3.73. The van der Waals surface area contributed by atoms with Crippen molar-refractivity contribution in [1.82, 2.24) is 24.9 Å². The van der Waals surface area contributed by atoms with E-state index in [1.54, 1.807) is 55.1 Å². The number of hydrogen-bond acceptors (Lipinski definition) is 6. The Morgan fingerprint density at radius 2 is 1.61 bits per heavy atom. The highest BCUT2D eigenvalue weighted by Gasteiger charge is 2.38. The van der Waals surface area contributed by atoms with E-state index < -0.39 is 28.0 Å². The van der Waals surface area contributed by atoms with Crippen LogP contribution >= 0.6 is 0 Å². The van der Waals surface area contributed by atoms with Gasteiger partial charge in [-0.25, -0.2) is 8.42 Å². The lowest BCUT2D eigenvalue weighted by Crippen LogP contribution is -2.56. The number of hydrogen-bond donors (Lipinski definition) is 2. The molecule has 0 unspecified atom stereocenters. The molecule has 200 valence electrons. The number of pyridine rings is 2. The number of benzene rings is 1. The van der Waals surface area contributed by atoms with Gasteiger partial charge in [-0.2, -0.15) is 4.31 Å². The quantitative estimate of drug-likeness (QED) is 0.389. The van der Waals surface area contributed by atoms with Gasteiger partial charge in [0.15, 0.2) is 0 Å². The van der Waals surface area contributed by atoms with Gasteiger partial charge in [0.25, 0.3) is 0 Å². The van der Waals surface area contributed by atoms with E-state index in [9.17, 15) is 18.0 Å². The predicted molar refractivity (Wildman–Crippen MR) is 144 cm³/mol. The maximum Gasteiger partial charge on any atom is 0.242 e. The molecule has 4 rings (SSSR count). The lowest BCUT2D eigenvalue weighted by atomic mass is 10.0. The summed E-state index contributed by atoms with van der Waals surface area (Å²) in [5, 5.41) is 5.74. The zero-order chi connectivity index (χ0) is 26.8. The number of amides is 2. The van der Waals surface area contributed by atoms with Crippen molar-refractivity contribution in [2.24, 2.45) is 0 Å². The lowest BCUT2D eigenvalue weighted by Gasteiger charge is -2.34. The molecule has 1 saturated heterocycles. The highest BCUT2D eigenvalue weighted by molar-refractivity contribution is 7.88. The van der Waals surface area contributed by atoms with Crippen LogP contribution in [0.5, 0.6) is 0 Å². The number of aromatic nitrogens is 2. The van der Waals surface area contributed by atoms with Crippen LogP contribution < -0.4 is 10.6 Å². The van der Waals surface area contributed by atoms with Gasteiger partial charge in [0.2, 0.25) is 21.8 Å². The molecule has 3 heterocycles. The first kappa shape index (κ1) is 27.4. The van der Waals surface area contributed by atoms with Crippen LogP contribution in [0.4, 0.5) is 0 Å². The van der Waals surface area contributed by atoms with Gasteiger partial charge >= 0.3 is 0 Å². The molecule has 1 aliphatic heterocycles. The Morgan fingerprint density at radius 3 is 2.29 bits per heavy atom. The van der Waals surface area contributed by atoms with Gasteiger partial charge in [-0.3, -0.25) is 19.6 Å². The predicted octanol–water partition coefficient (Wildman–Crippen LogP) is 2.59. The summed E-state index contributed by atoms with van der Waals surface area (Å²) in [6, 6.07) is 14.6. The SMILES string of the molecule is O=C(NCc1cccnc1)[C@H](CCc1cccnc1)NC(=O)[C@@H]1CCCCN1S(=O)(=O)Cc1ccccc1. The molecule has 2 N–H and O–H groups in total. The summed E-state index contributed by atoms with van der Waals surface area (Å²) < 4.78 is 27.9. The van der Waals surface area contributed by atoms with Gasteiger partial charge in [0, 0.05) is 37.9 Å². The number of piperidine rings is 1. The highest BCUT2D eigenvalue weighted by atomic mass is 32.2. The Labute approximate surface area is 223 Å². The molecule has 0 aliphatic carbocycles. The Morgan fingerprint density at radius 1 is 0.921 bits per heavy atom. The lowest BCUT2D eigenvalue weighted by molar-refractivity contribution is -0.131. The summed E-state index contributed by atoms with van der Waals surface area (Å²) in [6.07, 6.45) is 9.44. The minimum Gasteiger partial charge on any atom is -0.350 e. The second-order valence-corrected chi connectivity index (χ2v) is 11.3. The Hall–Kier alpha value is -3.63. The molecule has 2 atom stereocenters. The smallest absolute Gasteiger partial charge is 0.242 e. The van der Waals surface area contributed by atoms with Crippen LogP contribution in [0.25, 0.3) is 0 Å². The maximum atomic E-state index is 13.5. The Kier molecular flexibility index (Phi) is 9.56. The van der Waals surface area contributed by atoms with Gasteiger partial charge in [-0.15, -0.1) is 0 Å². The number of rotatable bonds is 11. The van der Waals surface area contributed by atoms with E-state index in [-0.39, 0.29) is 24.7 Å². The minimum absolute atomic E-state index is 0.173. The molecule has 2 amide bonds. The van der Waals surface area contributed by atoms with Crippen LogP contribution in [0.3, 0.4) is 0 Å². The van der Waals surface area contributed by atoms with E-state index in [2.05, 4.69) is 20.6 Å². The van der Waals surface area contributed by atoms with Gasteiger partial charge < -0.3 is 10.6 Å². The van der Waals surface area contributed by atoms with Crippen molar-refractivity contribution >= 4 is 21.8 Å². The number of nitrogens with one attached hydrogen (secondary N) is 2. The fraction of sp³-hybridized carbons (Fsp3) is 0.357. The van der Waals surface area contributed by atoms with Crippen molar-refractivity contribution in [3.05, 3.63) is 96.1 Å².